The first kappa shape index (κ1) is 11.8. The average Bonchev–Trinajstić information content (AvgIpc) is 2.16. The van der Waals surface area contributed by atoms with Gasteiger partial charge >= 0.3 is 0 Å². The fourth-order valence-electron chi connectivity index (χ4n) is 1.51. The van der Waals surface area contributed by atoms with Crippen LogP contribution >= 0.6 is 0 Å². The van der Waals surface area contributed by atoms with Crippen LogP contribution in [0.2, 0.25) is 0 Å². The van der Waals surface area contributed by atoms with Crippen LogP contribution in [0.4, 0.5) is 5.69 Å². The standard InChI is InChI=1S/C11H19N3O/c1-8(12)6-9(2)14-10-4-5-13-11(7-10)15-3/h4-5,7-9H,6,12H2,1-3H3,(H,13,14). The Bertz CT molecular complexity index is 302. The van der Waals surface area contributed by atoms with Crippen molar-refractivity contribution in [2.75, 3.05) is 12.4 Å². The number of hydrogen-bond acceptors (Lipinski definition) is 4. The molecule has 15 heavy (non-hydrogen) atoms. The molecule has 4 heteroatoms. The van der Waals surface area contributed by atoms with E-state index in [2.05, 4.69) is 17.2 Å². The van der Waals surface area contributed by atoms with Crippen LogP contribution in [0.1, 0.15) is 20.3 Å². The number of nitrogens with two attached hydrogens (primary N) is 1. The van der Waals surface area contributed by atoms with E-state index in [1.165, 1.54) is 0 Å². The van der Waals surface area contributed by atoms with Gasteiger partial charge in [0.15, 0.2) is 0 Å². The summed E-state index contributed by atoms with van der Waals surface area (Å²) in [4.78, 5) is 4.04. The largest absolute Gasteiger partial charge is 0.481 e. The molecule has 1 aromatic heterocycles. The number of nitrogens with one attached hydrogen (secondary N) is 1. The van der Waals surface area contributed by atoms with Gasteiger partial charge in [-0.15, -0.1) is 0 Å². The van der Waals surface area contributed by atoms with E-state index in [4.69, 9.17) is 10.5 Å². The molecule has 4 nitrogen and oxygen atoms in total. The topological polar surface area (TPSA) is 60.2 Å². The minimum atomic E-state index is 0.205. The van der Waals surface area contributed by atoms with E-state index in [0.29, 0.717) is 11.9 Å². The van der Waals surface area contributed by atoms with Gasteiger partial charge in [-0.3, -0.25) is 0 Å². The second kappa shape index (κ2) is 5.56. The SMILES string of the molecule is COc1cc(NC(C)CC(C)N)ccn1. The number of nitrogens with zero attached hydrogens (tertiary/aromatic N) is 1. The highest BCUT2D eigenvalue weighted by Crippen LogP contribution is 2.15. The molecule has 84 valence electrons. The third-order valence-corrected chi connectivity index (χ3v) is 2.08. The second-order valence-corrected chi connectivity index (χ2v) is 3.85. The summed E-state index contributed by atoms with van der Waals surface area (Å²) in [6, 6.07) is 4.34. The Morgan fingerprint density at radius 1 is 1.53 bits per heavy atom. The Labute approximate surface area is 90.8 Å². The Kier molecular flexibility index (Phi) is 4.37. The maximum atomic E-state index is 5.73. The number of rotatable bonds is 5. The van der Waals surface area contributed by atoms with Crippen molar-refractivity contribution in [3.05, 3.63) is 18.3 Å². The Balaban J connectivity index is 2.55. The van der Waals surface area contributed by atoms with Gasteiger partial charge in [0, 0.05) is 30.0 Å². The zero-order valence-corrected chi connectivity index (χ0v) is 9.53. The van der Waals surface area contributed by atoms with Crippen molar-refractivity contribution in [3.63, 3.8) is 0 Å². The zero-order chi connectivity index (χ0) is 11.3. The average molecular weight is 209 g/mol. The molecule has 0 radical (unpaired) electrons. The minimum absolute atomic E-state index is 0.205. The zero-order valence-electron chi connectivity index (χ0n) is 9.53. The van der Waals surface area contributed by atoms with Crippen molar-refractivity contribution in [1.82, 2.24) is 4.98 Å². The van der Waals surface area contributed by atoms with Gasteiger partial charge in [-0.05, 0) is 26.3 Å². The predicted octanol–water partition coefficient (Wildman–Crippen LogP) is 1.63. The van der Waals surface area contributed by atoms with Crippen molar-refractivity contribution < 1.29 is 4.74 Å². The van der Waals surface area contributed by atoms with Gasteiger partial charge in [0.2, 0.25) is 5.88 Å². The summed E-state index contributed by atoms with van der Waals surface area (Å²) >= 11 is 0. The molecule has 0 bridgehead atoms. The van der Waals surface area contributed by atoms with Crippen LogP contribution in [0.25, 0.3) is 0 Å². The summed E-state index contributed by atoms with van der Waals surface area (Å²) < 4.78 is 5.04. The molecule has 0 saturated carbocycles. The summed E-state index contributed by atoms with van der Waals surface area (Å²) in [6.45, 7) is 4.11. The maximum Gasteiger partial charge on any atom is 0.214 e. The van der Waals surface area contributed by atoms with E-state index in [1.54, 1.807) is 13.3 Å². The lowest BCUT2D eigenvalue weighted by molar-refractivity contribution is 0.398. The molecule has 1 heterocycles. The van der Waals surface area contributed by atoms with Crippen molar-refractivity contribution in [2.45, 2.75) is 32.4 Å². The highest BCUT2D eigenvalue weighted by Gasteiger charge is 2.05. The molecule has 0 saturated heterocycles. The second-order valence-electron chi connectivity index (χ2n) is 3.85. The van der Waals surface area contributed by atoms with E-state index in [0.717, 1.165) is 12.1 Å². The molecule has 0 fully saturated rings. The normalized spacial score (nSPS) is 14.4. The first-order chi connectivity index (χ1) is 7.11. The molecule has 3 N–H and O–H groups in total. The van der Waals surface area contributed by atoms with Crippen LogP contribution in [-0.4, -0.2) is 24.2 Å². The van der Waals surface area contributed by atoms with Crippen molar-refractivity contribution in [1.29, 1.82) is 0 Å². The van der Waals surface area contributed by atoms with Gasteiger partial charge in [0.25, 0.3) is 0 Å². The smallest absolute Gasteiger partial charge is 0.214 e. The highest BCUT2D eigenvalue weighted by molar-refractivity contribution is 5.45. The Morgan fingerprint density at radius 2 is 2.27 bits per heavy atom. The first-order valence-electron chi connectivity index (χ1n) is 5.14. The van der Waals surface area contributed by atoms with Crippen molar-refractivity contribution >= 4 is 5.69 Å². The van der Waals surface area contributed by atoms with Crippen LogP contribution in [0, 0.1) is 0 Å². The number of ether oxygens (including phenoxy) is 1. The molecule has 1 rings (SSSR count). The number of methoxy groups -OCH3 is 1. The van der Waals surface area contributed by atoms with E-state index in [-0.39, 0.29) is 6.04 Å². The fraction of sp³-hybridized carbons (Fsp3) is 0.545. The van der Waals surface area contributed by atoms with E-state index in [1.807, 2.05) is 19.1 Å². The Morgan fingerprint density at radius 3 is 2.87 bits per heavy atom. The van der Waals surface area contributed by atoms with E-state index in [9.17, 15) is 0 Å². The summed E-state index contributed by atoms with van der Waals surface area (Å²) in [5.74, 6) is 0.619. The lowest BCUT2D eigenvalue weighted by Gasteiger charge is -2.17. The van der Waals surface area contributed by atoms with E-state index < -0.39 is 0 Å². The van der Waals surface area contributed by atoms with Crippen LogP contribution in [0.3, 0.4) is 0 Å². The van der Waals surface area contributed by atoms with Crippen molar-refractivity contribution in [3.8, 4) is 5.88 Å². The molecule has 1 aromatic rings. The summed E-state index contributed by atoms with van der Waals surface area (Å²) in [5.41, 5.74) is 6.74. The van der Waals surface area contributed by atoms with Crippen LogP contribution in [0.5, 0.6) is 5.88 Å². The van der Waals surface area contributed by atoms with Gasteiger partial charge in [-0.25, -0.2) is 4.98 Å². The lowest BCUT2D eigenvalue weighted by Crippen LogP contribution is -2.26. The van der Waals surface area contributed by atoms with Gasteiger partial charge in [-0.2, -0.15) is 0 Å². The lowest BCUT2D eigenvalue weighted by atomic mass is 10.1. The predicted molar refractivity (Wildman–Crippen MR) is 62.1 cm³/mol. The Hall–Kier alpha value is -1.29. The van der Waals surface area contributed by atoms with Gasteiger partial charge in [0.05, 0.1) is 7.11 Å². The molecule has 0 aliphatic carbocycles. The number of pyridine rings is 1. The third-order valence-electron chi connectivity index (χ3n) is 2.08. The molecule has 2 unspecified atom stereocenters. The van der Waals surface area contributed by atoms with Crippen molar-refractivity contribution in [2.24, 2.45) is 5.73 Å². The third kappa shape index (κ3) is 4.16. The molecule has 0 aromatic carbocycles. The molecule has 0 aliphatic heterocycles. The number of hydrogen-bond donors (Lipinski definition) is 2. The quantitative estimate of drug-likeness (QED) is 0.773. The fourth-order valence-corrected chi connectivity index (χ4v) is 1.51. The number of aromatic nitrogens is 1. The molecule has 2 atom stereocenters. The van der Waals surface area contributed by atoms with Crippen LogP contribution in [0.15, 0.2) is 18.3 Å². The highest BCUT2D eigenvalue weighted by atomic mass is 16.5. The summed E-state index contributed by atoms with van der Waals surface area (Å²) in [6.07, 6.45) is 2.66. The molecule has 0 aliphatic rings. The van der Waals surface area contributed by atoms with Gasteiger partial charge in [-0.1, -0.05) is 0 Å². The summed E-state index contributed by atoms with van der Waals surface area (Å²) in [5, 5.41) is 3.35. The van der Waals surface area contributed by atoms with Crippen LogP contribution < -0.4 is 15.8 Å². The van der Waals surface area contributed by atoms with Crippen LogP contribution in [-0.2, 0) is 0 Å². The maximum absolute atomic E-state index is 5.73. The minimum Gasteiger partial charge on any atom is -0.481 e. The number of anilines is 1. The molecule has 0 spiro atoms. The van der Waals surface area contributed by atoms with E-state index >= 15 is 0 Å². The van der Waals surface area contributed by atoms with Gasteiger partial charge in [0.1, 0.15) is 0 Å². The molecule has 0 amide bonds. The van der Waals surface area contributed by atoms with Gasteiger partial charge < -0.3 is 15.8 Å². The monoisotopic (exact) mass is 209 g/mol. The first-order valence-corrected chi connectivity index (χ1v) is 5.14. The molecular formula is C11H19N3O. The summed E-state index contributed by atoms with van der Waals surface area (Å²) in [7, 11) is 1.61. The molecular weight excluding hydrogens is 190 g/mol.